The van der Waals surface area contributed by atoms with Crippen LogP contribution in [0.15, 0.2) is 76.5 Å². The predicted octanol–water partition coefficient (Wildman–Crippen LogP) is 2.26. The molecule has 1 aliphatic carbocycles. The maximum Gasteiger partial charge on any atom is 0.394 e. The zero-order valence-corrected chi connectivity index (χ0v) is 25.4. The van der Waals surface area contributed by atoms with Crippen LogP contribution in [0, 0.1) is 0 Å². The molecule has 3 N–H and O–H groups in total. The van der Waals surface area contributed by atoms with Crippen molar-refractivity contribution in [2.45, 2.75) is 64.4 Å². The summed E-state index contributed by atoms with van der Waals surface area (Å²) in [5, 5.41) is 25.3. The van der Waals surface area contributed by atoms with E-state index in [1.165, 1.54) is 16.1 Å². The Labute approximate surface area is 251 Å². The van der Waals surface area contributed by atoms with E-state index in [0.29, 0.717) is 51.0 Å². The molecule has 2 heterocycles. The highest BCUT2D eigenvalue weighted by molar-refractivity contribution is 7.93. The van der Waals surface area contributed by atoms with Gasteiger partial charge in [0.05, 0.1) is 34.9 Å². The molecule has 3 atom stereocenters. The molecule has 1 saturated heterocycles. The molecule has 1 saturated carbocycles. The standard InChI is InChI=1S/C31H37N2O8S2/c34-22-31(10-11-31)42(36,37)28-7-3-6-27(17-28)40-21-26(35)19-32-25-18-30(41-20-25)12-14-33(15-13-30)43(38,39)29-9-8-23-4-1-2-5-24(23)16-29/h1-9,14,16-17,25-26,32,34-35H,10-13,15,18-22H2/q+1/t25-,26+,30?/m1/s1. The molecule has 0 aromatic heterocycles. The first kappa shape index (κ1) is 30.2. The molecule has 3 aromatic rings. The number of nitrogens with one attached hydrogen (secondary N) is 1. The molecule has 12 heteroatoms. The van der Waals surface area contributed by atoms with Crippen molar-refractivity contribution in [2.75, 3.05) is 32.9 Å². The number of hydrogen-bond acceptors (Lipinski definition) is 9. The number of hydrogen-bond donors (Lipinski definition) is 3. The molecule has 0 radical (unpaired) electrons. The fourth-order valence-corrected chi connectivity index (χ4v) is 9.16. The number of aliphatic hydroxyl groups excluding tert-OH is 2. The van der Waals surface area contributed by atoms with Gasteiger partial charge in [0.15, 0.2) is 22.6 Å². The van der Waals surface area contributed by atoms with Crippen molar-refractivity contribution >= 4 is 36.8 Å². The number of ether oxygens (including phenoxy) is 2. The van der Waals surface area contributed by atoms with Crippen LogP contribution >= 0.6 is 0 Å². The Morgan fingerprint density at radius 1 is 0.977 bits per heavy atom. The van der Waals surface area contributed by atoms with Crippen LogP contribution in [0.3, 0.4) is 0 Å². The highest BCUT2D eigenvalue weighted by Gasteiger charge is 2.54. The summed E-state index contributed by atoms with van der Waals surface area (Å²) in [5.41, 5.74) is -0.450. The molecule has 230 valence electrons. The first-order valence-corrected chi connectivity index (χ1v) is 17.5. The summed E-state index contributed by atoms with van der Waals surface area (Å²) in [6.07, 6.45) is 3.48. The second-order valence-corrected chi connectivity index (χ2v) is 16.1. The molecular formula is C31H37N2O8S2+. The van der Waals surface area contributed by atoms with Crippen molar-refractivity contribution < 1.29 is 40.5 Å². The smallest absolute Gasteiger partial charge is 0.394 e. The van der Waals surface area contributed by atoms with Crippen LogP contribution in [-0.2, 0) is 24.6 Å². The molecule has 1 spiro atoms. The van der Waals surface area contributed by atoms with Gasteiger partial charge in [0.25, 0.3) is 0 Å². The summed E-state index contributed by atoms with van der Waals surface area (Å²) in [4.78, 5) is 0.373. The number of sulfonamides is 1. The molecule has 2 aliphatic heterocycles. The van der Waals surface area contributed by atoms with Gasteiger partial charge in [-0.05, 0) is 60.4 Å². The van der Waals surface area contributed by atoms with Crippen molar-refractivity contribution in [2.24, 2.45) is 0 Å². The third-order valence-corrected chi connectivity index (χ3v) is 13.2. The minimum Gasteiger partial charge on any atom is -0.491 e. The van der Waals surface area contributed by atoms with Gasteiger partial charge in [-0.25, -0.2) is 8.42 Å². The van der Waals surface area contributed by atoms with E-state index in [1.54, 1.807) is 30.5 Å². The molecule has 10 nitrogen and oxygen atoms in total. The first-order chi connectivity index (χ1) is 20.6. The normalized spacial score (nSPS) is 24.1. The van der Waals surface area contributed by atoms with Crippen LogP contribution in [0.2, 0.25) is 0 Å². The number of benzene rings is 3. The van der Waals surface area contributed by atoms with Crippen LogP contribution in [0.1, 0.15) is 32.1 Å². The molecule has 0 bridgehead atoms. The SMILES string of the molecule is O=S(=O)(c1ccc2ccccc2c1)[N+]1=CCC2(CC1)C[C@@H](NC[C@H](O)COc1cccc(S(=O)(=O)C3(CO)CC3)c1)CO2. The number of sulfone groups is 1. The van der Waals surface area contributed by atoms with E-state index in [2.05, 4.69) is 5.32 Å². The van der Waals surface area contributed by atoms with E-state index in [9.17, 15) is 27.0 Å². The van der Waals surface area contributed by atoms with Crippen LogP contribution in [0.25, 0.3) is 10.8 Å². The molecule has 2 fully saturated rings. The summed E-state index contributed by atoms with van der Waals surface area (Å²) in [6.45, 7) is 0.590. The molecule has 0 amide bonds. The fourth-order valence-electron chi connectivity index (χ4n) is 5.94. The first-order valence-electron chi connectivity index (χ1n) is 14.5. The van der Waals surface area contributed by atoms with E-state index < -0.39 is 42.9 Å². The predicted molar refractivity (Wildman–Crippen MR) is 161 cm³/mol. The van der Waals surface area contributed by atoms with E-state index in [0.717, 1.165) is 10.8 Å². The zero-order chi connectivity index (χ0) is 30.3. The Balaban J connectivity index is 0.997. The van der Waals surface area contributed by atoms with Crippen LogP contribution in [0.5, 0.6) is 5.75 Å². The summed E-state index contributed by atoms with van der Waals surface area (Å²) in [6, 6.07) is 19.0. The number of fused-ring (bicyclic) bond motifs is 1. The lowest BCUT2D eigenvalue weighted by Crippen LogP contribution is -2.42. The summed E-state index contributed by atoms with van der Waals surface area (Å²) < 4.78 is 64.6. The van der Waals surface area contributed by atoms with E-state index in [-0.39, 0.29) is 29.0 Å². The third-order valence-electron chi connectivity index (χ3n) is 8.86. The second kappa shape index (κ2) is 11.6. The molecule has 1 unspecified atom stereocenters. The van der Waals surface area contributed by atoms with Crippen molar-refractivity contribution in [1.82, 2.24) is 5.32 Å². The molecular weight excluding hydrogens is 592 g/mol. The van der Waals surface area contributed by atoms with Gasteiger partial charge >= 0.3 is 10.0 Å². The minimum atomic E-state index is -3.67. The molecule has 43 heavy (non-hydrogen) atoms. The average molecular weight is 630 g/mol. The van der Waals surface area contributed by atoms with Crippen LogP contribution in [-0.4, -0.2) is 92.6 Å². The number of nitrogens with zero attached hydrogens (tertiary/aromatic N) is 1. The second-order valence-electron chi connectivity index (χ2n) is 11.8. The Morgan fingerprint density at radius 3 is 2.49 bits per heavy atom. The lowest BCUT2D eigenvalue weighted by molar-refractivity contribution is -0.378. The Bertz CT molecular complexity index is 1750. The molecule has 3 aliphatic rings. The maximum atomic E-state index is 13.3. The van der Waals surface area contributed by atoms with Gasteiger partial charge in [-0.2, -0.15) is 8.42 Å². The highest BCUT2D eigenvalue weighted by atomic mass is 32.2. The van der Waals surface area contributed by atoms with Crippen molar-refractivity contribution in [3.05, 3.63) is 66.7 Å². The van der Waals surface area contributed by atoms with Crippen LogP contribution in [0.4, 0.5) is 0 Å². The van der Waals surface area contributed by atoms with Gasteiger partial charge in [0, 0.05) is 19.0 Å². The minimum absolute atomic E-state index is 0.00613. The Kier molecular flexibility index (Phi) is 8.12. The monoisotopic (exact) mass is 629 g/mol. The van der Waals surface area contributed by atoms with Crippen molar-refractivity contribution in [1.29, 1.82) is 0 Å². The van der Waals surface area contributed by atoms with E-state index >= 15 is 0 Å². The van der Waals surface area contributed by atoms with Gasteiger partial charge in [-0.3, -0.25) is 0 Å². The third kappa shape index (κ3) is 5.96. The van der Waals surface area contributed by atoms with Crippen LogP contribution < -0.4 is 10.1 Å². The van der Waals surface area contributed by atoms with Gasteiger partial charge < -0.3 is 25.0 Å². The average Bonchev–Trinajstić information content (AvgIpc) is 3.75. The lowest BCUT2D eigenvalue weighted by atomic mass is 9.89. The highest BCUT2D eigenvalue weighted by Crippen LogP contribution is 2.46. The lowest BCUT2D eigenvalue weighted by Gasteiger charge is -2.28. The topological polar surface area (TPSA) is 142 Å². The molecule has 3 aromatic carbocycles. The fraction of sp³-hybridized carbons (Fsp3) is 0.452. The Hall–Kier alpha value is -2.87. The van der Waals surface area contributed by atoms with Crippen molar-refractivity contribution in [3.8, 4) is 5.75 Å². The number of rotatable bonds is 11. The number of aliphatic hydroxyl groups is 2. The van der Waals surface area contributed by atoms with E-state index in [1.807, 2.05) is 30.3 Å². The summed E-state index contributed by atoms with van der Waals surface area (Å²) >= 11 is 0. The maximum absolute atomic E-state index is 13.3. The quantitative estimate of drug-likeness (QED) is 0.272. The van der Waals surface area contributed by atoms with Gasteiger partial charge in [-0.15, -0.1) is 3.98 Å². The largest absolute Gasteiger partial charge is 0.491 e. The van der Waals surface area contributed by atoms with Gasteiger partial charge in [0.2, 0.25) is 0 Å². The van der Waals surface area contributed by atoms with Crippen molar-refractivity contribution in [3.63, 3.8) is 0 Å². The zero-order valence-electron chi connectivity index (χ0n) is 23.8. The Morgan fingerprint density at radius 2 is 1.77 bits per heavy atom. The summed E-state index contributed by atoms with van der Waals surface area (Å²) in [5.74, 6) is 0.331. The summed E-state index contributed by atoms with van der Waals surface area (Å²) in [7, 11) is -7.33. The van der Waals surface area contributed by atoms with Gasteiger partial charge in [0.1, 0.15) is 23.4 Å². The molecule has 6 rings (SSSR count). The van der Waals surface area contributed by atoms with Gasteiger partial charge in [-0.1, -0.05) is 36.4 Å². The van der Waals surface area contributed by atoms with E-state index in [4.69, 9.17) is 9.47 Å².